The number of primary sulfonamides is 1. The van der Waals surface area contributed by atoms with Crippen LogP contribution in [0.2, 0.25) is 5.02 Å². The van der Waals surface area contributed by atoms with Crippen LogP contribution in [0.15, 0.2) is 17.2 Å². The highest BCUT2D eigenvalue weighted by Gasteiger charge is 2.21. The number of sulfonamides is 1. The second-order valence-electron chi connectivity index (χ2n) is 4.70. The first kappa shape index (κ1) is 16.9. The van der Waals surface area contributed by atoms with Crippen LogP contribution in [0.25, 0.3) is 0 Å². The van der Waals surface area contributed by atoms with Gasteiger partial charge in [0.2, 0.25) is 15.9 Å². The Labute approximate surface area is 133 Å². The van der Waals surface area contributed by atoms with Crippen LogP contribution in [0, 0.1) is 11.3 Å². The van der Waals surface area contributed by atoms with Crippen LogP contribution < -0.4 is 9.88 Å². The smallest absolute Gasteiger partial charge is 0.239 e. The fourth-order valence-electron chi connectivity index (χ4n) is 1.97. The molecule has 0 spiro atoms. The maximum absolute atomic E-state index is 11.2. The lowest BCUT2D eigenvalue weighted by atomic mass is 10.3. The Morgan fingerprint density at radius 1 is 1.64 bits per heavy atom. The average molecular weight is 347 g/mol. The highest BCUT2D eigenvalue weighted by molar-refractivity contribution is 7.89. The van der Waals surface area contributed by atoms with Gasteiger partial charge in [-0.3, -0.25) is 4.90 Å². The van der Waals surface area contributed by atoms with Gasteiger partial charge in [0.25, 0.3) is 0 Å². The van der Waals surface area contributed by atoms with E-state index in [9.17, 15) is 8.42 Å². The zero-order valence-corrected chi connectivity index (χ0v) is 13.2. The average Bonchev–Trinajstić information content (AvgIpc) is 2.46. The summed E-state index contributed by atoms with van der Waals surface area (Å²) in [6.07, 6.45) is 0.873. The molecule has 0 aliphatic carbocycles. The van der Waals surface area contributed by atoms with Crippen LogP contribution in [0.5, 0.6) is 5.88 Å². The number of aromatic nitrogens is 1. The fraction of sp³-hybridized carbons (Fsp3) is 0.500. The molecule has 1 aromatic heterocycles. The van der Waals surface area contributed by atoms with Crippen molar-refractivity contribution in [2.75, 3.05) is 32.8 Å². The van der Waals surface area contributed by atoms with E-state index >= 15 is 0 Å². The van der Waals surface area contributed by atoms with Crippen LogP contribution in [0.3, 0.4) is 0 Å². The second-order valence-corrected chi connectivity index (χ2v) is 6.67. The zero-order chi connectivity index (χ0) is 16.2. The van der Waals surface area contributed by atoms with Gasteiger partial charge in [-0.1, -0.05) is 11.6 Å². The van der Waals surface area contributed by atoms with E-state index in [1.165, 1.54) is 6.07 Å². The Bertz CT molecular complexity index is 676. The number of hydrogen-bond acceptors (Lipinski definition) is 7. The van der Waals surface area contributed by atoms with Crippen molar-refractivity contribution < 1.29 is 17.9 Å². The van der Waals surface area contributed by atoms with Crippen molar-refractivity contribution in [1.82, 2.24) is 9.88 Å². The third-order valence-corrected chi connectivity index (χ3v) is 4.19. The fourth-order valence-corrected chi connectivity index (χ4v) is 2.73. The van der Waals surface area contributed by atoms with Crippen LogP contribution in [0.1, 0.15) is 0 Å². The van der Waals surface area contributed by atoms with Gasteiger partial charge in [-0.2, -0.15) is 5.26 Å². The van der Waals surface area contributed by atoms with E-state index in [4.69, 9.17) is 31.5 Å². The molecule has 0 amide bonds. The number of ether oxygens (including phenoxy) is 2. The number of rotatable bonds is 5. The highest BCUT2D eigenvalue weighted by Crippen LogP contribution is 2.24. The Morgan fingerprint density at radius 3 is 3.05 bits per heavy atom. The number of nitrogens with two attached hydrogens (primary N) is 1. The van der Waals surface area contributed by atoms with Crippen molar-refractivity contribution in [2.24, 2.45) is 5.14 Å². The first-order valence-electron chi connectivity index (χ1n) is 6.42. The van der Waals surface area contributed by atoms with Crippen molar-refractivity contribution in [1.29, 1.82) is 5.26 Å². The van der Waals surface area contributed by atoms with E-state index in [1.54, 1.807) is 0 Å². The molecule has 1 aromatic rings. The minimum absolute atomic E-state index is 0.0521. The molecule has 0 bridgehead atoms. The summed E-state index contributed by atoms with van der Waals surface area (Å²) in [6, 6.07) is 3.27. The van der Waals surface area contributed by atoms with E-state index in [1.807, 2.05) is 4.90 Å². The number of nitrogens with zero attached hydrogens (tertiary/aromatic N) is 3. The molecule has 8 nitrogen and oxygen atoms in total. The molecule has 2 N–H and O–H groups in total. The molecule has 0 unspecified atom stereocenters. The zero-order valence-electron chi connectivity index (χ0n) is 11.6. The van der Waals surface area contributed by atoms with Gasteiger partial charge in [0.1, 0.15) is 22.6 Å². The third-order valence-electron chi connectivity index (χ3n) is 3.03. The molecule has 1 saturated heterocycles. The highest BCUT2D eigenvalue weighted by atomic mass is 35.5. The van der Waals surface area contributed by atoms with Crippen molar-refractivity contribution in [2.45, 2.75) is 11.0 Å². The molecule has 120 valence electrons. The lowest BCUT2D eigenvalue weighted by Gasteiger charge is -2.30. The van der Waals surface area contributed by atoms with Crippen molar-refractivity contribution in [3.8, 4) is 11.9 Å². The van der Waals surface area contributed by atoms with Gasteiger partial charge in [0, 0.05) is 13.1 Å². The molecule has 1 atom stereocenters. The predicted molar refractivity (Wildman–Crippen MR) is 77.9 cm³/mol. The maximum atomic E-state index is 11.2. The van der Waals surface area contributed by atoms with E-state index in [2.05, 4.69) is 11.1 Å². The summed E-state index contributed by atoms with van der Waals surface area (Å²) in [6.45, 7) is 2.32. The summed E-state index contributed by atoms with van der Waals surface area (Å²) in [5.74, 6) is 0.107. The van der Waals surface area contributed by atoms with Crippen LogP contribution in [0.4, 0.5) is 0 Å². The minimum Gasteiger partial charge on any atom is -0.474 e. The molecule has 0 saturated carbocycles. The van der Waals surface area contributed by atoms with Crippen molar-refractivity contribution in [3.05, 3.63) is 17.3 Å². The third kappa shape index (κ3) is 4.53. The number of hydrogen-bond donors (Lipinski definition) is 1. The normalized spacial score (nSPS) is 19.6. The molecule has 1 aliphatic rings. The van der Waals surface area contributed by atoms with Gasteiger partial charge < -0.3 is 9.47 Å². The van der Waals surface area contributed by atoms with Gasteiger partial charge in [0.15, 0.2) is 0 Å². The molecular formula is C12H15ClN4O4S. The summed E-state index contributed by atoms with van der Waals surface area (Å²) in [7, 11) is -3.86. The van der Waals surface area contributed by atoms with E-state index in [-0.39, 0.29) is 28.5 Å². The molecule has 1 fully saturated rings. The number of pyridine rings is 1. The van der Waals surface area contributed by atoms with Gasteiger partial charge in [-0.25, -0.2) is 18.5 Å². The summed E-state index contributed by atoms with van der Waals surface area (Å²) in [5.41, 5.74) is 0. The van der Waals surface area contributed by atoms with Crippen LogP contribution in [-0.2, 0) is 14.8 Å². The van der Waals surface area contributed by atoms with E-state index < -0.39 is 10.0 Å². The molecule has 2 rings (SSSR count). The quantitative estimate of drug-likeness (QED) is 0.744. The molecular weight excluding hydrogens is 332 g/mol. The van der Waals surface area contributed by atoms with Crippen LogP contribution in [-0.4, -0.2) is 57.3 Å². The Hall–Kier alpha value is -1.44. The summed E-state index contributed by atoms with van der Waals surface area (Å²) >= 11 is 5.93. The molecule has 22 heavy (non-hydrogen) atoms. The first-order chi connectivity index (χ1) is 10.4. The van der Waals surface area contributed by atoms with Gasteiger partial charge in [0.05, 0.1) is 25.4 Å². The van der Waals surface area contributed by atoms with Crippen molar-refractivity contribution >= 4 is 21.6 Å². The first-order valence-corrected chi connectivity index (χ1v) is 8.34. The number of morpholine rings is 1. The number of halogens is 1. The topological polar surface area (TPSA) is 119 Å². The summed E-state index contributed by atoms with van der Waals surface area (Å²) in [4.78, 5) is 5.62. The summed E-state index contributed by atoms with van der Waals surface area (Å²) < 4.78 is 33.4. The number of nitriles is 1. The monoisotopic (exact) mass is 346 g/mol. The van der Waals surface area contributed by atoms with E-state index in [0.29, 0.717) is 26.2 Å². The van der Waals surface area contributed by atoms with Crippen molar-refractivity contribution in [3.63, 3.8) is 0 Å². The SMILES string of the molecule is N#CCN1CCO[C@H](COc2ncc(S(N)(=O)=O)cc2Cl)C1. The molecule has 0 aromatic carbocycles. The summed E-state index contributed by atoms with van der Waals surface area (Å²) in [5, 5.41) is 13.7. The minimum atomic E-state index is -3.86. The lowest BCUT2D eigenvalue weighted by molar-refractivity contribution is -0.0448. The maximum Gasteiger partial charge on any atom is 0.239 e. The molecule has 1 aliphatic heterocycles. The lowest BCUT2D eigenvalue weighted by Crippen LogP contribution is -2.45. The van der Waals surface area contributed by atoms with Gasteiger partial charge in [-0.15, -0.1) is 0 Å². The largest absolute Gasteiger partial charge is 0.474 e. The Balaban J connectivity index is 1.96. The second kappa shape index (κ2) is 7.21. The van der Waals surface area contributed by atoms with Gasteiger partial charge >= 0.3 is 0 Å². The Kier molecular flexibility index (Phi) is 5.55. The standard InChI is InChI=1S/C12H15ClN4O4S/c13-11-5-10(22(15,18)19)6-16-12(11)21-8-9-7-17(2-1-14)3-4-20-9/h5-6,9H,2-4,7-8H2,(H2,15,18,19)/t9-/m0/s1. The predicted octanol–water partition coefficient (Wildman–Crippen LogP) is -0.0144. The Morgan fingerprint density at radius 2 is 2.41 bits per heavy atom. The molecule has 10 heteroatoms. The van der Waals surface area contributed by atoms with E-state index in [0.717, 1.165) is 6.20 Å². The van der Waals surface area contributed by atoms with Crippen LogP contribution >= 0.6 is 11.6 Å². The van der Waals surface area contributed by atoms with Gasteiger partial charge in [-0.05, 0) is 6.07 Å². The molecule has 2 heterocycles. The molecule has 0 radical (unpaired) electrons.